The Morgan fingerprint density at radius 2 is 1.71 bits per heavy atom. The molecule has 1 aromatic rings. The maximum absolute atomic E-state index is 13.0. The van der Waals surface area contributed by atoms with Crippen LogP contribution in [-0.2, 0) is 9.53 Å². The van der Waals surface area contributed by atoms with E-state index >= 15 is 0 Å². The van der Waals surface area contributed by atoms with Gasteiger partial charge in [0.2, 0.25) is 0 Å². The lowest BCUT2D eigenvalue weighted by atomic mass is 9.47. The van der Waals surface area contributed by atoms with Crippen LogP contribution < -0.4 is 0 Å². The molecule has 0 N–H and O–H groups in total. The summed E-state index contributed by atoms with van der Waals surface area (Å²) in [6.07, 6.45) is 17.0. The molecule has 4 aliphatic rings. The van der Waals surface area contributed by atoms with E-state index in [2.05, 4.69) is 40.7 Å². The van der Waals surface area contributed by atoms with Crippen LogP contribution in [0, 0.1) is 46.3 Å². The fourth-order valence-electron chi connectivity index (χ4n) is 9.90. The molecule has 5 rings (SSSR count). The summed E-state index contributed by atoms with van der Waals surface area (Å²) < 4.78 is 6.13. The Bertz CT molecular complexity index is 994. The third-order valence-corrected chi connectivity index (χ3v) is 12.2. The summed E-state index contributed by atoms with van der Waals surface area (Å²) >= 11 is 0. The molecule has 0 aromatic heterocycles. The number of hydrogen-bond acceptors (Lipinski definition) is 2. The predicted molar refractivity (Wildman–Crippen MR) is 158 cm³/mol. The number of carbonyl (C=O) groups excluding carboxylic acids is 1. The third kappa shape index (κ3) is 5.15. The lowest BCUT2D eigenvalue weighted by Gasteiger charge is -2.58. The van der Waals surface area contributed by atoms with E-state index in [-0.39, 0.29) is 18.0 Å². The molecule has 1 aromatic carbocycles. The molecule has 38 heavy (non-hydrogen) atoms. The standard InChI is InChI=1S/C36H54O2/c1-24(2)11-10-12-25(3)31-17-18-32-30-16-15-28-23-29(38-34(37)26(4)27-13-8-7-9-14-27)19-21-35(28,5)33(30)20-22-36(31,32)6/h7-9,13-15,24-26,29-33H,10-12,16-23H2,1-6H3/t25?,26?,29-,30-,31+,32-,33-,35-,36+/m0/s1. The minimum absolute atomic E-state index is 0.0425. The highest BCUT2D eigenvalue weighted by Crippen LogP contribution is 2.67. The van der Waals surface area contributed by atoms with Gasteiger partial charge in [0.1, 0.15) is 6.10 Å². The second-order valence-corrected chi connectivity index (χ2v) is 14.7. The topological polar surface area (TPSA) is 26.3 Å². The molecule has 0 amide bonds. The number of fused-ring (bicyclic) bond motifs is 5. The molecule has 0 spiro atoms. The van der Waals surface area contributed by atoms with Gasteiger partial charge in [-0.15, -0.1) is 0 Å². The van der Waals surface area contributed by atoms with E-state index in [4.69, 9.17) is 4.74 Å². The number of carbonyl (C=O) groups is 1. The van der Waals surface area contributed by atoms with Crippen LogP contribution in [-0.4, -0.2) is 12.1 Å². The maximum Gasteiger partial charge on any atom is 0.313 e. The molecule has 0 saturated heterocycles. The van der Waals surface area contributed by atoms with E-state index in [1.807, 2.05) is 37.3 Å². The smallest absolute Gasteiger partial charge is 0.313 e. The second kappa shape index (κ2) is 11.1. The fourth-order valence-corrected chi connectivity index (χ4v) is 9.90. The van der Waals surface area contributed by atoms with Gasteiger partial charge in [-0.05, 0) is 104 Å². The van der Waals surface area contributed by atoms with Crippen molar-refractivity contribution in [1.29, 1.82) is 0 Å². The fraction of sp³-hybridized carbons (Fsp3) is 0.750. The van der Waals surface area contributed by atoms with Crippen molar-refractivity contribution in [3.05, 3.63) is 47.5 Å². The Kier molecular flexibility index (Phi) is 8.19. The monoisotopic (exact) mass is 518 g/mol. The average molecular weight is 519 g/mol. The van der Waals surface area contributed by atoms with Crippen molar-refractivity contribution in [3.8, 4) is 0 Å². The molecule has 0 radical (unpaired) electrons. The summed E-state index contributed by atoms with van der Waals surface area (Å²) in [6.45, 7) is 14.6. The van der Waals surface area contributed by atoms with Gasteiger partial charge in [-0.3, -0.25) is 4.79 Å². The van der Waals surface area contributed by atoms with Gasteiger partial charge in [0, 0.05) is 6.42 Å². The predicted octanol–water partition coefficient (Wildman–Crippen LogP) is 9.74. The molecular weight excluding hydrogens is 464 g/mol. The number of hydrogen-bond donors (Lipinski definition) is 0. The lowest BCUT2D eigenvalue weighted by molar-refractivity contribution is -0.153. The highest BCUT2D eigenvalue weighted by Gasteiger charge is 2.59. The van der Waals surface area contributed by atoms with Crippen LogP contribution in [0.2, 0.25) is 0 Å². The summed E-state index contributed by atoms with van der Waals surface area (Å²) in [6, 6.07) is 10.1. The Balaban J connectivity index is 1.23. The molecular formula is C36H54O2. The summed E-state index contributed by atoms with van der Waals surface area (Å²) in [5.74, 6) is 4.92. The van der Waals surface area contributed by atoms with E-state index in [0.29, 0.717) is 10.8 Å². The van der Waals surface area contributed by atoms with E-state index in [0.717, 1.165) is 53.9 Å². The average Bonchev–Trinajstić information content (AvgIpc) is 3.26. The first-order valence-corrected chi connectivity index (χ1v) is 16.1. The van der Waals surface area contributed by atoms with Gasteiger partial charge >= 0.3 is 5.97 Å². The van der Waals surface area contributed by atoms with Crippen LogP contribution in [0.3, 0.4) is 0 Å². The van der Waals surface area contributed by atoms with Crippen molar-refractivity contribution in [1.82, 2.24) is 0 Å². The quantitative estimate of drug-likeness (QED) is 0.253. The molecule has 3 fully saturated rings. The zero-order chi connectivity index (χ0) is 27.1. The van der Waals surface area contributed by atoms with Crippen molar-refractivity contribution in [2.45, 2.75) is 124 Å². The summed E-state index contributed by atoms with van der Waals surface area (Å²) in [5.41, 5.74) is 3.50. The van der Waals surface area contributed by atoms with Gasteiger partial charge in [-0.25, -0.2) is 0 Å². The molecule has 2 nitrogen and oxygen atoms in total. The van der Waals surface area contributed by atoms with E-state index in [1.165, 1.54) is 57.8 Å². The third-order valence-electron chi connectivity index (χ3n) is 12.2. The molecule has 0 bridgehead atoms. The Labute approximate surface area is 233 Å². The van der Waals surface area contributed by atoms with Gasteiger partial charge in [-0.1, -0.05) is 95.9 Å². The van der Waals surface area contributed by atoms with Crippen molar-refractivity contribution >= 4 is 5.97 Å². The van der Waals surface area contributed by atoms with Crippen LogP contribution in [0.1, 0.15) is 124 Å². The summed E-state index contributed by atoms with van der Waals surface area (Å²) in [5, 5.41) is 0. The normalized spacial score (nSPS) is 38.0. The minimum Gasteiger partial charge on any atom is -0.462 e. The van der Waals surface area contributed by atoms with E-state index < -0.39 is 0 Å². The van der Waals surface area contributed by atoms with Gasteiger partial charge in [0.05, 0.1) is 5.92 Å². The second-order valence-electron chi connectivity index (χ2n) is 14.7. The van der Waals surface area contributed by atoms with Crippen LogP contribution in [0.5, 0.6) is 0 Å². The molecule has 4 aliphatic carbocycles. The first-order chi connectivity index (χ1) is 18.1. The number of ether oxygens (including phenoxy) is 1. The van der Waals surface area contributed by atoms with E-state index in [9.17, 15) is 4.79 Å². The summed E-state index contributed by atoms with van der Waals surface area (Å²) in [7, 11) is 0. The van der Waals surface area contributed by atoms with Gasteiger partial charge < -0.3 is 4.74 Å². The van der Waals surface area contributed by atoms with E-state index in [1.54, 1.807) is 5.57 Å². The van der Waals surface area contributed by atoms with Gasteiger partial charge in [0.15, 0.2) is 0 Å². The van der Waals surface area contributed by atoms with Crippen LogP contribution in [0.4, 0.5) is 0 Å². The van der Waals surface area contributed by atoms with Crippen LogP contribution in [0.15, 0.2) is 42.0 Å². The zero-order valence-electron chi connectivity index (χ0n) is 25.2. The first kappa shape index (κ1) is 28.0. The summed E-state index contributed by atoms with van der Waals surface area (Å²) in [4.78, 5) is 13.0. The number of benzene rings is 1. The molecule has 2 unspecified atom stereocenters. The van der Waals surface area contributed by atoms with Crippen molar-refractivity contribution in [2.75, 3.05) is 0 Å². The molecule has 0 heterocycles. The maximum atomic E-state index is 13.0. The molecule has 9 atom stereocenters. The molecule has 210 valence electrons. The highest BCUT2D eigenvalue weighted by molar-refractivity contribution is 5.77. The van der Waals surface area contributed by atoms with Gasteiger partial charge in [-0.2, -0.15) is 0 Å². The lowest BCUT2D eigenvalue weighted by Crippen LogP contribution is -2.51. The minimum atomic E-state index is -0.201. The first-order valence-electron chi connectivity index (χ1n) is 16.1. The number of rotatable bonds is 8. The van der Waals surface area contributed by atoms with Crippen LogP contribution in [0.25, 0.3) is 0 Å². The zero-order valence-corrected chi connectivity index (χ0v) is 25.2. The Morgan fingerprint density at radius 3 is 2.45 bits per heavy atom. The Hall–Kier alpha value is -1.57. The highest BCUT2D eigenvalue weighted by atomic mass is 16.5. The van der Waals surface area contributed by atoms with Crippen molar-refractivity contribution in [3.63, 3.8) is 0 Å². The van der Waals surface area contributed by atoms with Crippen LogP contribution >= 0.6 is 0 Å². The molecule has 2 heteroatoms. The van der Waals surface area contributed by atoms with Crippen molar-refractivity contribution < 1.29 is 9.53 Å². The number of allylic oxidation sites excluding steroid dienone is 1. The largest absolute Gasteiger partial charge is 0.462 e. The SMILES string of the molecule is CC(C)CCCC(C)[C@H]1CC[C@H]2[C@@H]3CC=C4C[C@@H](OC(=O)C(C)c5ccccc5)CC[C@]4(C)[C@H]3CC[C@]12C. The number of esters is 1. The van der Waals surface area contributed by atoms with Gasteiger partial charge in [0.25, 0.3) is 0 Å². The molecule has 3 saturated carbocycles. The van der Waals surface area contributed by atoms with Crippen molar-refractivity contribution in [2.24, 2.45) is 46.3 Å². The Morgan fingerprint density at radius 1 is 0.947 bits per heavy atom. The molecule has 0 aliphatic heterocycles.